The molecular formula is C18H26N2O2. The number of likely N-dealkylation sites (tertiary alicyclic amines) is 2. The zero-order valence-corrected chi connectivity index (χ0v) is 13.9. The third-order valence-electron chi connectivity index (χ3n) is 6.37. The molecule has 4 heteroatoms. The standard InChI is InChI=1S/C18H26N2O2/c1-17(2)14-8-9-18(17,3)16(22)20(15(14)21)13-7-6-12-19-10-4-5-11-19/h14H,4-5,8-13H2,1-3H3. The van der Waals surface area contributed by atoms with Gasteiger partial charge in [-0.25, -0.2) is 0 Å². The second-order valence-electron chi connectivity index (χ2n) is 7.71. The van der Waals surface area contributed by atoms with Crippen molar-refractivity contribution < 1.29 is 9.59 Å². The molecule has 120 valence electrons. The molecule has 3 rings (SSSR count). The van der Waals surface area contributed by atoms with Gasteiger partial charge in [-0.2, -0.15) is 0 Å². The first-order valence-corrected chi connectivity index (χ1v) is 8.42. The summed E-state index contributed by atoms with van der Waals surface area (Å²) in [6.07, 6.45) is 4.14. The molecule has 2 saturated heterocycles. The third kappa shape index (κ3) is 2.18. The summed E-state index contributed by atoms with van der Waals surface area (Å²) in [6, 6.07) is 0. The quantitative estimate of drug-likeness (QED) is 0.578. The van der Waals surface area contributed by atoms with E-state index in [-0.39, 0.29) is 29.7 Å². The molecule has 1 saturated carbocycles. The Balaban J connectivity index is 1.69. The lowest BCUT2D eigenvalue weighted by Crippen LogP contribution is -2.59. The summed E-state index contributed by atoms with van der Waals surface area (Å²) < 4.78 is 0. The number of hydrogen-bond donors (Lipinski definition) is 0. The summed E-state index contributed by atoms with van der Waals surface area (Å²) >= 11 is 0. The molecule has 0 radical (unpaired) electrons. The third-order valence-corrected chi connectivity index (χ3v) is 6.37. The van der Waals surface area contributed by atoms with E-state index in [4.69, 9.17) is 0 Å². The van der Waals surface area contributed by atoms with E-state index in [0.717, 1.165) is 32.5 Å². The maximum absolute atomic E-state index is 12.8. The number of rotatable bonds is 2. The van der Waals surface area contributed by atoms with Gasteiger partial charge in [-0.1, -0.05) is 32.6 Å². The van der Waals surface area contributed by atoms with Crippen LogP contribution in [0.3, 0.4) is 0 Å². The van der Waals surface area contributed by atoms with Crippen LogP contribution in [0.2, 0.25) is 0 Å². The van der Waals surface area contributed by atoms with Gasteiger partial charge in [-0.15, -0.1) is 0 Å². The number of hydrogen-bond acceptors (Lipinski definition) is 3. The van der Waals surface area contributed by atoms with Crippen LogP contribution in [0.15, 0.2) is 0 Å². The first kappa shape index (κ1) is 15.6. The Kier molecular flexibility index (Phi) is 3.81. The second kappa shape index (κ2) is 5.38. The van der Waals surface area contributed by atoms with E-state index >= 15 is 0 Å². The molecule has 3 aliphatic rings. The van der Waals surface area contributed by atoms with Crippen LogP contribution in [0, 0.1) is 28.6 Å². The summed E-state index contributed by atoms with van der Waals surface area (Å²) in [4.78, 5) is 29.2. The van der Waals surface area contributed by atoms with Crippen LogP contribution in [-0.4, -0.2) is 47.8 Å². The van der Waals surface area contributed by atoms with Gasteiger partial charge in [0.2, 0.25) is 11.8 Å². The summed E-state index contributed by atoms with van der Waals surface area (Å²) in [5, 5.41) is 0. The van der Waals surface area contributed by atoms with E-state index in [0.29, 0.717) is 0 Å². The van der Waals surface area contributed by atoms with Gasteiger partial charge in [0.15, 0.2) is 0 Å². The van der Waals surface area contributed by atoms with Crippen LogP contribution in [0.1, 0.15) is 46.5 Å². The van der Waals surface area contributed by atoms with Crippen molar-refractivity contribution in [1.82, 2.24) is 9.80 Å². The summed E-state index contributed by atoms with van der Waals surface area (Å²) in [5.74, 6) is 6.11. The Labute approximate surface area is 133 Å². The fraction of sp³-hybridized carbons (Fsp3) is 0.778. The zero-order chi connectivity index (χ0) is 16.0. The lowest BCUT2D eigenvalue weighted by molar-refractivity contribution is -0.166. The Hall–Kier alpha value is -1.34. The maximum atomic E-state index is 12.8. The molecule has 22 heavy (non-hydrogen) atoms. The van der Waals surface area contributed by atoms with Crippen molar-refractivity contribution in [3.8, 4) is 11.8 Å². The molecule has 2 unspecified atom stereocenters. The minimum absolute atomic E-state index is 0.0135. The van der Waals surface area contributed by atoms with Crippen molar-refractivity contribution in [3.63, 3.8) is 0 Å². The van der Waals surface area contributed by atoms with Crippen LogP contribution in [-0.2, 0) is 9.59 Å². The fourth-order valence-corrected chi connectivity index (χ4v) is 4.29. The Morgan fingerprint density at radius 2 is 1.73 bits per heavy atom. The highest BCUT2D eigenvalue weighted by Gasteiger charge is 2.64. The molecule has 2 aliphatic heterocycles. The van der Waals surface area contributed by atoms with Crippen molar-refractivity contribution in [1.29, 1.82) is 0 Å². The Bertz CT molecular complexity index is 551. The van der Waals surface area contributed by atoms with E-state index in [2.05, 4.69) is 30.6 Å². The van der Waals surface area contributed by atoms with Crippen molar-refractivity contribution >= 4 is 11.8 Å². The number of carbonyl (C=O) groups excluding carboxylic acids is 2. The van der Waals surface area contributed by atoms with Crippen molar-refractivity contribution in [2.45, 2.75) is 46.5 Å². The van der Waals surface area contributed by atoms with Gasteiger partial charge in [-0.3, -0.25) is 19.4 Å². The van der Waals surface area contributed by atoms with E-state index in [1.165, 1.54) is 17.7 Å². The van der Waals surface area contributed by atoms with Crippen LogP contribution in [0.5, 0.6) is 0 Å². The molecular weight excluding hydrogens is 276 g/mol. The smallest absolute Gasteiger partial charge is 0.236 e. The molecule has 0 spiro atoms. The summed E-state index contributed by atoms with van der Waals surface area (Å²) in [6.45, 7) is 9.39. The van der Waals surface area contributed by atoms with Gasteiger partial charge in [0.05, 0.1) is 18.5 Å². The molecule has 0 aromatic carbocycles. The van der Waals surface area contributed by atoms with Gasteiger partial charge in [0, 0.05) is 5.92 Å². The highest BCUT2D eigenvalue weighted by molar-refractivity contribution is 6.04. The van der Waals surface area contributed by atoms with Crippen LogP contribution in [0.4, 0.5) is 0 Å². The molecule has 2 amide bonds. The molecule has 3 fully saturated rings. The summed E-state index contributed by atoms with van der Waals surface area (Å²) in [7, 11) is 0. The van der Waals surface area contributed by atoms with Crippen LogP contribution < -0.4 is 0 Å². The number of imide groups is 1. The Morgan fingerprint density at radius 3 is 2.41 bits per heavy atom. The van der Waals surface area contributed by atoms with Crippen molar-refractivity contribution in [2.24, 2.45) is 16.7 Å². The first-order chi connectivity index (χ1) is 10.4. The second-order valence-corrected chi connectivity index (χ2v) is 7.71. The van der Waals surface area contributed by atoms with Crippen LogP contribution >= 0.6 is 0 Å². The van der Waals surface area contributed by atoms with E-state index < -0.39 is 5.41 Å². The first-order valence-electron chi connectivity index (χ1n) is 8.42. The van der Waals surface area contributed by atoms with E-state index in [9.17, 15) is 9.59 Å². The molecule has 2 heterocycles. The predicted molar refractivity (Wildman–Crippen MR) is 84.8 cm³/mol. The normalized spacial score (nSPS) is 34.0. The molecule has 1 aliphatic carbocycles. The minimum atomic E-state index is -0.414. The van der Waals surface area contributed by atoms with Crippen molar-refractivity contribution in [2.75, 3.05) is 26.2 Å². The average molecular weight is 302 g/mol. The van der Waals surface area contributed by atoms with Gasteiger partial charge in [0.1, 0.15) is 0 Å². The molecule has 0 aromatic heterocycles. The summed E-state index contributed by atoms with van der Waals surface area (Å²) in [5.41, 5.74) is -0.650. The van der Waals surface area contributed by atoms with Gasteiger partial charge in [-0.05, 0) is 44.2 Å². The van der Waals surface area contributed by atoms with E-state index in [1.54, 1.807) is 0 Å². The highest BCUT2D eigenvalue weighted by atomic mass is 16.2. The average Bonchev–Trinajstić information content (AvgIpc) is 3.03. The SMILES string of the molecule is CC12CCC(C(=O)N(CC#CCN3CCCC3)C1=O)C2(C)C. The van der Waals surface area contributed by atoms with Crippen molar-refractivity contribution in [3.05, 3.63) is 0 Å². The minimum Gasteiger partial charge on any atom is -0.292 e. The maximum Gasteiger partial charge on any atom is 0.236 e. The highest BCUT2D eigenvalue weighted by Crippen LogP contribution is 2.59. The van der Waals surface area contributed by atoms with Gasteiger partial charge >= 0.3 is 0 Å². The molecule has 0 aromatic rings. The fourth-order valence-electron chi connectivity index (χ4n) is 4.29. The predicted octanol–water partition coefficient (Wildman–Crippen LogP) is 1.90. The van der Waals surface area contributed by atoms with Gasteiger partial charge < -0.3 is 0 Å². The molecule has 4 nitrogen and oxygen atoms in total. The molecule has 2 bridgehead atoms. The largest absolute Gasteiger partial charge is 0.292 e. The topological polar surface area (TPSA) is 40.6 Å². The lowest BCUT2D eigenvalue weighted by atomic mass is 9.62. The number of amides is 2. The van der Waals surface area contributed by atoms with E-state index in [1.807, 2.05) is 6.92 Å². The number of nitrogens with zero attached hydrogens (tertiary/aromatic N) is 2. The molecule has 2 atom stereocenters. The zero-order valence-electron chi connectivity index (χ0n) is 13.9. The number of carbonyl (C=O) groups is 2. The number of piperidine rings is 1. The monoisotopic (exact) mass is 302 g/mol. The molecule has 0 N–H and O–H groups in total. The van der Waals surface area contributed by atoms with Gasteiger partial charge in [0.25, 0.3) is 0 Å². The number of fused-ring (bicyclic) bond motifs is 2. The van der Waals surface area contributed by atoms with Crippen LogP contribution in [0.25, 0.3) is 0 Å². The lowest BCUT2D eigenvalue weighted by Gasteiger charge is -2.47. The Morgan fingerprint density at radius 1 is 1.09 bits per heavy atom.